The Morgan fingerprint density at radius 1 is 1.30 bits per heavy atom. The first-order valence-electron chi connectivity index (χ1n) is 7.70. The van der Waals surface area contributed by atoms with Gasteiger partial charge in [-0.05, 0) is 56.4 Å². The second-order valence-corrected chi connectivity index (χ2v) is 8.10. The van der Waals surface area contributed by atoms with Gasteiger partial charge in [-0.15, -0.1) is 0 Å². The molecule has 126 valence electrons. The summed E-state index contributed by atoms with van der Waals surface area (Å²) < 4.78 is 38.5. The fourth-order valence-corrected chi connectivity index (χ4v) is 4.59. The number of ether oxygens (including phenoxy) is 2. The number of hydrogen-bond acceptors (Lipinski definition) is 5. The maximum absolute atomic E-state index is 12.6. The quantitative estimate of drug-likeness (QED) is 0.826. The van der Waals surface area contributed by atoms with E-state index in [-0.39, 0.29) is 11.0 Å². The number of methoxy groups -OCH3 is 1. The number of benzene rings is 1. The molecule has 0 unspecified atom stereocenters. The third-order valence-electron chi connectivity index (χ3n) is 4.55. The number of carbonyl (C=O) groups is 1. The van der Waals surface area contributed by atoms with E-state index in [9.17, 15) is 13.2 Å². The zero-order valence-corrected chi connectivity index (χ0v) is 14.1. The van der Waals surface area contributed by atoms with Crippen LogP contribution in [0.25, 0.3) is 0 Å². The smallest absolute Gasteiger partial charge is 0.337 e. The molecule has 0 amide bonds. The first-order valence-corrected chi connectivity index (χ1v) is 9.18. The molecule has 0 aromatic heterocycles. The molecule has 1 aromatic carbocycles. The summed E-state index contributed by atoms with van der Waals surface area (Å²) >= 11 is 0. The maximum Gasteiger partial charge on any atom is 0.337 e. The van der Waals surface area contributed by atoms with Crippen molar-refractivity contribution in [1.29, 1.82) is 0 Å². The van der Waals surface area contributed by atoms with E-state index >= 15 is 0 Å². The van der Waals surface area contributed by atoms with Crippen LogP contribution in [0.2, 0.25) is 0 Å². The summed E-state index contributed by atoms with van der Waals surface area (Å²) in [5.41, 5.74) is -0.265. The zero-order chi connectivity index (χ0) is 16.7. The normalized spacial score (nSPS) is 27.8. The van der Waals surface area contributed by atoms with Crippen LogP contribution in [0.4, 0.5) is 0 Å². The van der Waals surface area contributed by atoms with Crippen molar-refractivity contribution in [2.75, 3.05) is 13.7 Å². The van der Waals surface area contributed by atoms with Crippen molar-refractivity contribution in [2.24, 2.45) is 5.92 Å². The predicted molar refractivity (Wildman–Crippen MR) is 83.6 cm³/mol. The van der Waals surface area contributed by atoms with Crippen molar-refractivity contribution in [1.82, 2.24) is 4.72 Å². The minimum Gasteiger partial charge on any atom is -0.465 e. The molecule has 0 bridgehead atoms. The van der Waals surface area contributed by atoms with Crippen molar-refractivity contribution in [3.63, 3.8) is 0 Å². The molecule has 2 fully saturated rings. The minimum atomic E-state index is -3.67. The second kappa shape index (κ2) is 5.89. The first-order chi connectivity index (χ1) is 10.9. The Kier molecular flexibility index (Phi) is 4.20. The monoisotopic (exact) mass is 339 g/mol. The molecule has 1 saturated carbocycles. The Balaban J connectivity index is 1.79. The van der Waals surface area contributed by atoms with Crippen LogP contribution in [-0.4, -0.2) is 39.7 Å². The van der Waals surface area contributed by atoms with Crippen molar-refractivity contribution in [3.05, 3.63) is 29.8 Å². The second-order valence-electron chi connectivity index (χ2n) is 6.42. The summed E-state index contributed by atoms with van der Waals surface area (Å²) in [4.78, 5) is 11.6. The lowest BCUT2D eigenvalue weighted by atomic mass is 9.92. The standard InChI is InChI=1S/C16H21NO5S/c1-16(9-10-22-14(16)11-3-4-11)17-23(19,20)13-7-5-12(6-8-13)15(18)21-2/h5-8,11,14,17H,3-4,9-10H2,1-2H3/t14-,16+/m0/s1. The van der Waals surface area contributed by atoms with Crippen LogP contribution >= 0.6 is 0 Å². The van der Waals surface area contributed by atoms with Gasteiger partial charge in [0.05, 0.1) is 29.2 Å². The molecule has 1 aliphatic carbocycles. The molecule has 7 heteroatoms. The van der Waals surface area contributed by atoms with Gasteiger partial charge in [0, 0.05) is 6.61 Å². The molecule has 3 rings (SSSR count). The highest BCUT2D eigenvalue weighted by atomic mass is 32.2. The van der Waals surface area contributed by atoms with E-state index in [0.29, 0.717) is 24.5 Å². The topological polar surface area (TPSA) is 81.7 Å². The summed E-state index contributed by atoms with van der Waals surface area (Å²) in [7, 11) is -2.39. The lowest BCUT2D eigenvalue weighted by Gasteiger charge is -2.31. The van der Waals surface area contributed by atoms with Crippen LogP contribution in [0.3, 0.4) is 0 Å². The van der Waals surface area contributed by atoms with Crippen LogP contribution in [0.15, 0.2) is 29.2 Å². The fourth-order valence-electron chi connectivity index (χ4n) is 3.14. The number of sulfonamides is 1. The van der Waals surface area contributed by atoms with Gasteiger partial charge in [0.2, 0.25) is 10.0 Å². The number of nitrogens with one attached hydrogen (secondary N) is 1. The molecule has 1 aliphatic heterocycles. The molecular weight excluding hydrogens is 318 g/mol. The molecule has 1 saturated heterocycles. The van der Waals surface area contributed by atoms with E-state index in [0.717, 1.165) is 12.8 Å². The average molecular weight is 339 g/mol. The van der Waals surface area contributed by atoms with Gasteiger partial charge in [0.1, 0.15) is 0 Å². The molecule has 0 spiro atoms. The van der Waals surface area contributed by atoms with Gasteiger partial charge in [0.25, 0.3) is 0 Å². The van der Waals surface area contributed by atoms with Crippen LogP contribution in [-0.2, 0) is 19.5 Å². The van der Waals surface area contributed by atoms with Gasteiger partial charge < -0.3 is 9.47 Å². The molecule has 0 radical (unpaired) electrons. The zero-order valence-electron chi connectivity index (χ0n) is 13.2. The Morgan fingerprint density at radius 3 is 2.52 bits per heavy atom. The molecule has 1 aromatic rings. The molecule has 1 heterocycles. The van der Waals surface area contributed by atoms with Gasteiger partial charge in [-0.1, -0.05) is 0 Å². The number of hydrogen-bond donors (Lipinski definition) is 1. The summed E-state index contributed by atoms with van der Waals surface area (Å²) in [6, 6.07) is 5.73. The number of esters is 1. The molecule has 1 N–H and O–H groups in total. The molecule has 6 nitrogen and oxygen atoms in total. The van der Waals surface area contributed by atoms with E-state index in [1.54, 1.807) is 0 Å². The van der Waals surface area contributed by atoms with Gasteiger partial charge in [-0.3, -0.25) is 0 Å². The summed E-state index contributed by atoms with van der Waals surface area (Å²) in [6.45, 7) is 2.48. The molecule has 23 heavy (non-hydrogen) atoms. The average Bonchev–Trinajstić information content (AvgIpc) is 3.29. The Labute approximate surface area is 136 Å². The third-order valence-corrected chi connectivity index (χ3v) is 6.18. The Bertz CT molecular complexity index is 696. The number of rotatable bonds is 5. The predicted octanol–water partition coefficient (Wildman–Crippen LogP) is 1.71. The van der Waals surface area contributed by atoms with E-state index in [1.165, 1.54) is 31.4 Å². The van der Waals surface area contributed by atoms with Gasteiger partial charge in [-0.2, -0.15) is 0 Å². The van der Waals surface area contributed by atoms with Gasteiger partial charge in [0.15, 0.2) is 0 Å². The van der Waals surface area contributed by atoms with E-state index < -0.39 is 21.5 Å². The highest BCUT2D eigenvalue weighted by Crippen LogP contribution is 2.43. The summed E-state index contributed by atoms with van der Waals surface area (Å²) in [5, 5.41) is 0. The van der Waals surface area contributed by atoms with Crippen LogP contribution in [0, 0.1) is 5.92 Å². The van der Waals surface area contributed by atoms with Crippen LogP contribution in [0.1, 0.15) is 36.5 Å². The van der Waals surface area contributed by atoms with Crippen molar-refractivity contribution >= 4 is 16.0 Å². The van der Waals surface area contributed by atoms with Crippen molar-refractivity contribution < 1.29 is 22.7 Å². The van der Waals surface area contributed by atoms with Gasteiger partial charge >= 0.3 is 5.97 Å². The highest BCUT2D eigenvalue weighted by molar-refractivity contribution is 7.89. The van der Waals surface area contributed by atoms with Crippen LogP contribution < -0.4 is 4.72 Å². The van der Waals surface area contributed by atoms with E-state index in [1.807, 2.05) is 6.92 Å². The SMILES string of the molecule is COC(=O)c1ccc(S(=O)(=O)N[C@]2(C)CCO[C@H]2C2CC2)cc1. The Morgan fingerprint density at radius 2 is 1.96 bits per heavy atom. The molecule has 2 aliphatic rings. The van der Waals surface area contributed by atoms with E-state index in [4.69, 9.17) is 4.74 Å². The number of carbonyl (C=O) groups excluding carboxylic acids is 1. The fraction of sp³-hybridized carbons (Fsp3) is 0.562. The van der Waals surface area contributed by atoms with Crippen LogP contribution in [0.5, 0.6) is 0 Å². The third kappa shape index (κ3) is 3.27. The summed E-state index contributed by atoms with van der Waals surface area (Å²) in [6.07, 6.45) is 2.78. The lowest BCUT2D eigenvalue weighted by molar-refractivity contribution is 0.0600. The Hall–Kier alpha value is -1.44. The van der Waals surface area contributed by atoms with Crippen molar-refractivity contribution in [3.8, 4) is 0 Å². The van der Waals surface area contributed by atoms with Gasteiger partial charge in [-0.25, -0.2) is 17.9 Å². The molecule has 2 atom stereocenters. The summed E-state index contributed by atoms with van der Waals surface area (Å²) in [5.74, 6) is -0.0428. The first kappa shape index (κ1) is 16.4. The maximum atomic E-state index is 12.6. The molecular formula is C16H21NO5S. The van der Waals surface area contributed by atoms with E-state index in [2.05, 4.69) is 9.46 Å². The largest absolute Gasteiger partial charge is 0.465 e. The highest BCUT2D eigenvalue weighted by Gasteiger charge is 2.50. The van der Waals surface area contributed by atoms with Crippen molar-refractivity contribution in [2.45, 2.75) is 42.7 Å². The minimum absolute atomic E-state index is 0.0633. The lowest BCUT2D eigenvalue weighted by Crippen LogP contribution is -2.52.